The van der Waals surface area contributed by atoms with Crippen molar-refractivity contribution in [1.29, 1.82) is 0 Å². The van der Waals surface area contributed by atoms with Crippen LogP contribution in [0.4, 0.5) is 0 Å². The standard InChI is InChI=1S/C15H28N2O2S/c1-20(18,19)15-4-2-3-14(15)17-9-7-13(8-10-17)16-11-12-5-6-12/h12-16H,2-11H2,1H3. The first-order valence-electron chi connectivity index (χ1n) is 8.20. The van der Waals surface area contributed by atoms with Gasteiger partial charge in [0.2, 0.25) is 0 Å². The second-order valence-corrected chi connectivity index (χ2v) is 9.29. The van der Waals surface area contributed by atoms with E-state index in [1.54, 1.807) is 0 Å². The monoisotopic (exact) mass is 300 g/mol. The summed E-state index contributed by atoms with van der Waals surface area (Å²) >= 11 is 0. The van der Waals surface area contributed by atoms with Crippen LogP contribution in [0.25, 0.3) is 0 Å². The van der Waals surface area contributed by atoms with Gasteiger partial charge in [-0.15, -0.1) is 0 Å². The highest BCUT2D eigenvalue weighted by molar-refractivity contribution is 7.91. The molecule has 0 aromatic rings. The quantitative estimate of drug-likeness (QED) is 0.834. The molecule has 20 heavy (non-hydrogen) atoms. The molecule has 3 rings (SSSR count). The number of piperidine rings is 1. The molecule has 1 saturated heterocycles. The summed E-state index contributed by atoms with van der Waals surface area (Å²) in [5.74, 6) is 0.942. The summed E-state index contributed by atoms with van der Waals surface area (Å²) in [6.07, 6.45) is 9.59. The van der Waals surface area contributed by atoms with Crippen LogP contribution in [0.1, 0.15) is 44.9 Å². The highest BCUT2D eigenvalue weighted by atomic mass is 32.2. The molecule has 0 spiro atoms. The van der Waals surface area contributed by atoms with Crippen LogP contribution in [0.15, 0.2) is 0 Å². The summed E-state index contributed by atoms with van der Waals surface area (Å²) in [6, 6.07) is 0.944. The minimum atomic E-state index is -2.89. The van der Waals surface area contributed by atoms with Crippen LogP contribution < -0.4 is 5.32 Å². The fraction of sp³-hybridized carbons (Fsp3) is 1.00. The summed E-state index contributed by atoms with van der Waals surface area (Å²) < 4.78 is 23.8. The van der Waals surface area contributed by atoms with E-state index >= 15 is 0 Å². The molecular weight excluding hydrogens is 272 g/mol. The first-order chi connectivity index (χ1) is 9.54. The molecule has 1 aliphatic heterocycles. The number of nitrogens with one attached hydrogen (secondary N) is 1. The number of sulfone groups is 1. The van der Waals surface area contributed by atoms with Gasteiger partial charge >= 0.3 is 0 Å². The van der Waals surface area contributed by atoms with Gasteiger partial charge in [0.1, 0.15) is 0 Å². The number of rotatable bonds is 5. The second kappa shape index (κ2) is 5.93. The lowest BCUT2D eigenvalue weighted by Gasteiger charge is -2.38. The van der Waals surface area contributed by atoms with Crippen LogP contribution in [0.2, 0.25) is 0 Å². The van der Waals surface area contributed by atoms with Gasteiger partial charge in [-0.3, -0.25) is 4.90 Å². The molecule has 2 saturated carbocycles. The topological polar surface area (TPSA) is 49.4 Å². The fourth-order valence-electron chi connectivity index (χ4n) is 3.91. The lowest BCUT2D eigenvalue weighted by molar-refractivity contribution is 0.146. The molecule has 3 fully saturated rings. The number of hydrogen-bond donors (Lipinski definition) is 1. The Morgan fingerprint density at radius 1 is 1.05 bits per heavy atom. The molecule has 0 radical (unpaired) electrons. The molecule has 1 N–H and O–H groups in total. The fourth-order valence-corrected chi connectivity index (χ4v) is 5.39. The first kappa shape index (κ1) is 14.8. The lowest BCUT2D eigenvalue weighted by atomic mass is 10.0. The largest absolute Gasteiger partial charge is 0.314 e. The molecule has 2 atom stereocenters. The third kappa shape index (κ3) is 3.55. The van der Waals surface area contributed by atoms with Crippen LogP contribution in [-0.2, 0) is 9.84 Å². The van der Waals surface area contributed by atoms with Gasteiger partial charge in [0.25, 0.3) is 0 Å². The Balaban J connectivity index is 1.49. The van der Waals surface area contributed by atoms with Crippen LogP contribution in [0.3, 0.4) is 0 Å². The van der Waals surface area contributed by atoms with Crippen molar-refractivity contribution in [3.05, 3.63) is 0 Å². The molecule has 0 bridgehead atoms. The summed E-state index contributed by atoms with van der Waals surface area (Å²) in [5, 5.41) is 3.58. The zero-order chi connectivity index (χ0) is 14.2. The SMILES string of the molecule is CS(=O)(=O)C1CCCC1N1CCC(NCC2CC2)CC1. The predicted octanol–water partition coefficient (Wildman–Crippen LogP) is 1.42. The summed E-state index contributed by atoms with van der Waals surface area (Å²) in [4.78, 5) is 2.45. The van der Waals surface area contributed by atoms with E-state index < -0.39 is 9.84 Å². The molecular formula is C15H28N2O2S. The molecule has 0 amide bonds. The highest BCUT2D eigenvalue weighted by Gasteiger charge is 2.39. The van der Waals surface area contributed by atoms with Crippen molar-refractivity contribution in [1.82, 2.24) is 10.2 Å². The Morgan fingerprint density at radius 3 is 2.35 bits per heavy atom. The van der Waals surface area contributed by atoms with Crippen molar-refractivity contribution in [2.24, 2.45) is 5.92 Å². The lowest BCUT2D eigenvalue weighted by Crippen LogP contribution is -2.50. The Morgan fingerprint density at radius 2 is 1.75 bits per heavy atom. The molecule has 116 valence electrons. The van der Waals surface area contributed by atoms with Crippen LogP contribution in [0, 0.1) is 5.92 Å². The van der Waals surface area contributed by atoms with Crippen molar-refractivity contribution in [2.45, 2.75) is 62.3 Å². The van der Waals surface area contributed by atoms with Gasteiger partial charge in [0, 0.05) is 18.3 Å². The molecule has 0 aromatic carbocycles. The van der Waals surface area contributed by atoms with E-state index in [4.69, 9.17) is 0 Å². The second-order valence-electron chi connectivity index (χ2n) is 7.03. The minimum Gasteiger partial charge on any atom is -0.314 e. The van der Waals surface area contributed by atoms with Crippen molar-refractivity contribution in [3.8, 4) is 0 Å². The third-order valence-electron chi connectivity index (χ3n) is 5.36. The highest BCUT2D eigenvalue weighted by Crippen LogP contribution is 2.31. The molecule has 1 heterocycles. The predicted molar refractivity (Wildman–Crippen MR) is 81.6 cm³/mol. The minimum absolute atomic E-state index is 0.113. The van der Waals surface area contributed by atoms with Crippen molar-refractivity contribution >= 4 is 9.84 Å². The maximum Gasteiger partial charge on any atom is 0.151 e. The smallest absolute Gasteiger partial charge is 0.151 e. The van der Waals surface area contributed by atoms with Crippen molar-refractivity contribution in [3.63, 3.8) is 0 Å². The Bertz CT molecular complexity index is 425. The maximum atomic E-state index is 11.9. The van der Waals surface area contributed by atoms with E-state index in [1.807, 2.05) is 0 Å². The van der Waals surface area contributed by atoms with E-state index in [1.165, 1.54) is 38.5 Å². The van der Waals surface area contributed by atoms with Gasteiger partial charge in [-0.2, -0.15) is 0 Å². The van der Waals surface area contributed by atoms with Gasteiger partial charge in [0.15, 0.2) is 9.84 Å². The normalized spacial score (nSPS) is 33.6. The molecule has 2 aliphatic carbocycles. The first-order valence-corrected chi connectivity index (χ1v) is 10.2. The average Bonchev–Trinajstić information content (AvgIpc) is 3.09. The number of likely N-dealkylation sites (tertiary alicyclic amines) is 1. The van der Waals surface area contributed by atoms with Gasteiger partial charge in [-0.1, -0.05) is 6.42 Å². The zero-order valence-electron chi connectivity index (χ0n) is 12.6. The zero-order valence-corrected chi connectivity index (χ0v) is 13.4. The van der Waals surface area contributed by atoms with Crippen LogP contribution in [-0.4, -0.2) is 56.5 Å². The molecule has 3 aliphatic rings. The Kier molecular flexibility index (Phi) is 4.39. The summed E-state index contributed by atoms with van der Waals surface area (Å²) in [6.45, 7) is 3.33. The van der Waals surface area contributed by atoms with E-state index in [2.05, 4.69) is 10.2 Å². The van der Waals surface area contributed by atoms with Gasteiger partial charge in [0.05, 0.1) is 5.25 Å². The van der Waals surface area contributed by atoms with Gasteiger partial charge < -0.3 is 5.32 Å². The van der Waals surface area contributed by atoms with E-state index in [9.17, 15) is 8.42 Å². The van der Waals surface area contributed by atoms with Crippen LogP contribution in [0.5, 0.6) is 0 Å². The number of hydrogen-bond acceptors (Lipinski definition) is 4. The van der Waals surface area contributed by atoms with Crippen LogP contribution >= 0.6 is 0 Å². The Hall–Kier alpha value is -0.130. The summed E-state index contributed by atoms with van der Waals surface area (Å²) in [5.41, 5.74) is 0. The van der Waals surface area contributed by atoms with E-state index in [-0.39, 0.29) is 11.3 Å². The third-order valence-corrected chi connectivity index (χ3v) is 7.01. The molecule has 2 unspecified atom stereocenters. The van der Waals surface area contributed by atoms with E-state index in [0.29, 0.717) is 6.04 Å². The molecule has 0 aromatic heterocycles. The van der Waals surface area contributed by atoms with Crippen molar-refractivity contribution in [2.75, 3.05) is 25.9 Å². The maximum absolute atomic E-state index is 11.9. The summed E-state index contributed by atoms with van der Waals surface area (Å²) in [7, 11) is -2.89. The average molecular weight is 300 g/mol. The number of nitrogens with zero attached hydrogens (tertiary/aromatic N) is 1. The van der Waals surface area contributed by atoms with E-state index in [0.717, 1.165) is 38.3 Å². The molecule has 4 nitrogen and oxygen atoms in total. The van der Waals surface area contributed by atoms with Crippen molar-refractivity contribution < 1.29 is 8.42 Å². The molecule has 5 heteroatoms. The van der Waals surface area contributed by atoms with Gasteiger partial charge in [-0.25, -0.2) is 8.42 Å². The Labute approximate surface area is 123 Å². The van der Waals surface area contributed by atoms with Gasteiger partial charge in [-0.05, 0) is 64.1 Å².